The van der Waals surface area contributed by atoms with Gasteiger partial charge < -0.3 is 0 Å². The van der Waals surface area contributed by atoms with Gasteiger partial charge in [0.2, 0.25) is 0 Å². The summed E-state index contributed by atoms with van der Waals surface area (Å²) in [6, 6.07) is 0. The van der Waals surface area contributed by atoms with Gasteiger partial charge in [0.25, 0.3) is 0 Å². The number of hydrogen-bond acceptors (Lipinski definition) is 0. The first-order chi connectivity index (χ1) is 6.31. The van der Waals surface area contributed by atoms with Gasteiger partial charge in [0.15, 0.2) is 0 Å². The Labute approximate surface area is 84.4 Å². The van der Waals surface area contributed by atoms with Gasteiger partial charge in [0.05, 0.1) is 0 Å². The highest BCUT2D eigenvalue weighted by molar-refractivity contribution is 4.76. The van der Waals surface area contributed by atoms with Crippen molar-refractivity contribution < 1.29 is 0 Å². The monoisotopic (exact) mass is 182 g/mol. The van der Waals surface area contributed by atoms with Crippen LogP contribution in [0.3, 0.4) is 0 Å². The maximum Gasteiger partial charge on any atom is -0.0351 e. The standard InChI is InChI=1S/C13H26/c1-4-6-8-9-10-12-13(3)11-7-5-2/h4,6,13H,5,7-12H2,1-3H3. The molecular formula is C13H26. The van der Waals surface area contributed by atoms with Crippen LogP contribution in [0, 0.1) is 5.92 Å². The minimum Gasteiger partial charge on any atom is -0.0917 e. The lowest BCUT2D eigenvalue weighted by Gasteiger charge is -2.09. The van der Waals surface area contributed by atoms with Gasteiger partial charge in [-0.25, -0.2) is 0 Å². The molecule has 0 heteroatoms. The van der Waals surface area contributed by atoms with Crippen molar-refractivity contribution in [2.75, 3.05) is 0 Å². The molecule has 0 aromatic heterocycles. The topological polar surface area (TPSA) is 0 Å². The molecule has 0 nitrogen and oxygen atoms in total. The van der Waals surface area contributed by atoms with E-state index in [0.29, 0.717) is 0 Å². The molecule has 0 aromatic carbocycles. The smallest absolute Gasteiger partial charge is 0.0351 e. The van der Waals surface area contributed by atoms with Crippen LogP contribution in [0.5, 0.6) is 0 Å². The molecular weight excluding hydrogens is 156 g/mol. The van der Waals surface area contributed by atoms with Gasteiger partial charge in [-0.3, -0.25) is 0 Å². The number of allylic oxidation sites excluding steroid dienone is 2. The van der Waals surface area contributed by atoms with Gasteiger partial charge in [-0.1, -0.05) is 58.1 Å². The van der Waals surface area contributed by atoms with E-state index >= 15 is 0 Å². The van der Waals surface area contributed by atoms with Crippen molar-refractivity contribution in [3.05, 3.63) is 12.2 Å². The molecule has 0 fully saturated rings. The van der Waals surface area contributed by atoms with Gasteiger partial charge >= 0.3 is 0 Å². The lowest BCUT2D eigenvalue weighted by molar-refractivity contribution is 0.450. The third-order valence-corrected chi connectivity index (χ3v) is 2.60. The molecule has 0 saturated heterocycles. The fourth-order valence-corrected chi connectivity index (χ4v) is 1.62. The van der Waals surface area contributed by atoms with Gasteiger partial charge in [0.1, 0.15) is 0 Å². The number of hydrogen-bond donors (Lipinski definition) is 0. The predicted molar refractivity (Wildman–Crippen MR) is 62.0 cm³/mol. The molecule has 0 saturated carbocycles. The summed E-state index contributed by atoms with van der Waals surface area (Å²) in [6.45, 7) is 6.77. The first-order valence-corrected chi connectivity index (χ1v) is 5.92. The van der Waals surface area contributed by atoms with Crippen LogP contribution in [0.15, 0.2) is 12.2 Å². The van der Waals surface area contributed by atoms with Crippen molar-refractivity contribution in [3.63, 3.8) is 0 Å². The quantitative estimate of drug-likeness (QED) is 0.368. The molecule has 0 N–H and O–H groups in total. The summed E-state index contributed by atoms with van der Waals surface area (Å²) in [6.07, 6.45) is 14.1. The Hall–Kier alpha value is -0.260. The van der Waals surface area contributed by atoms with Gasteiger partial charge in [0, 0.05) is 0 Å². The van der Waals surface area contributed by atoms with E-state index in [1.54, 1.807) is 0 Å². The molecule has 0 aromatic rings. The second-order valence-corrected chi connectivity index (χ2v) is 4.10. The fraction of sp³-hybridized carbons (Fsp3) is 0.846. The first kappa shape index (κ1) is 12.7. The average molecular weight is 182 g/mol. The molecule has 0 aliphatic carbocycles. The SMILES string of the molecule is CC=CCCCCC(C)CCCC. The normalized spacial score (nSPS) is 13.8. The summed E-state index contributed by atoms with van der Waals surface area (Å²) >= 11 is 0. The van der Waals surface area contributed by atoms with E-state index in [0.717, 1.165) is 5.92 Å². The van der Waals surface area contributed by atoms with Gasteiger partial charge in [-0.15, -0.1) is 0 Å². The molecule has 0 aliphatic rings. The third kappa shape index (κ3) is 9.66. The van der Waals surface area contributed by atoms with Crippen LogP contribution in [0.4, 0.5) is 0 Å². The molecule has 0 radical (unpaired) electrons. The van der Waals surface area contributed by atoms with Crippen LogP contribution in [0.2, 0.25) is 0 Å². The highest BCUT2D eigenvalue weighted by Gasteiger charge is 1.99. The van der Waals surface area contributed by atoms with E-state index < -0.39 is 0 Å². The Morgan fingerprint density at radius 2 is 1.77 bits per heavy atom. The summed E-state index contributed by atoms with van der Waals surface area (Å²) in [7, 11) is 0. The zero-order valence-electron chi connectivity index (χ0n) is 9.68. The molecule has 13 heavy (non-hydrogen) atoms. The lowest BCUT2D eigenvalue weighted by Crippen LogP contribution is -1.94. The highest BCUT2D eigenvalue weighted by Crippen LogP contribution is 2.15. The van der Waals surface area contributed by atoms with Crippen molar-refractivity contribution in [1.29, 1.82) is 0 Å². The van der Waals surface area contributed by atoms with Crippen LogP contribution in [0.25, 0.3) is 0 Å². The number of unbranched alkanes of at least 4 members (excludes halogenated alkanes) is 3. The lowest BCUT2D eigenvalue weighted by atomic mass is 9.97. The zero-order chi connectivity index (χ0) is 9.94. The third-order valence-electron chi connectivity index (χ3n) is 2.60. The molecule has 0 spiro atoms. The van der Waals surface area contributed by atoms with E-state index in [4.69, 9.17) is 0 Å². The predicted octanol–water partition coefficient (Wildman–Crippen LogP) is 4.95. The van der Waals surface area contributed by atoms with Crippen LogP contribution in [0.1, 0.15) is 65.7 Å². The summed E-state index contributed by atoms with van der Waals surface area (Å²) in [5.41, 5.74) is 0. The minimum absolute atomic E-state index is 0.950. The fourth-order valence-electron chi connectivity index (χ4n) is 1.62. The maximum atomic E-state index is 2.39. The van der Waals surface area contributed by atoms with Gasteiger partial charge in [-0.2, -0.15) is 0 Å². The molecule has 0 heterocycles. The molecule has 0 aliphatic heterocycles. The van der Waals surface area contributed by atoms with Crippen LogP contribution in [-0.2, 0) is 0 Å². The molecule has 1 atom stereocenters. The highest BCUT2D eigenvalue weighted by atomic mass is 14.1. The largest absolute Gasteiger partial charge is 0.0917 e. The Bertz CT molecular complexity index is 113. The van der Waals surface area contributed by atoms with E-state index in [9.17, 15) is 0 Å². The molecule has 0 bridgehead atoms. The van der Waals surface area contributed by atoms with E-state index in [1.807, 2.05) is 0 Å². The summed E-state index contributed by atoms with van der Waals surface area (Å²) in [4.78, 5) is 0. The minimum atomic E-state index is 0.950. The van der Waals surface area contributed by atoms with Crippen molar-refractivity contribution >= 4 is 0 Å². The van der Waals surface area contributed by atoms with Crippen molar-refractivity contribution in [2.45, 2.75) is 65.7 Å². The van der Waals surface area contributed by atoms with Crippen LogP contribution < -0.4 is 0 Å². The number of rotatable bonds is 8. The summed E-state index contributed by atoms with van der Waals surface area (Å²) in [5, 5.41) is 0. The van der Waals surface area contributed by atoms with E-state index in [-0.39, 0.29) is 0 Å². The van der Waals surface area contributed by atoms with E-state index in [1.165, 1.54) is 44.9 Å². The van der Waals surface area contributed by atoms with Crippen LogP contribution in [-0.4, -0.2) is 0 Å². The molecule has 0 rings (SSSR count). The summed E-state index contributed by atoms with van der Waals surface area (Å²) in [5.74, 6) is 0.950. The Morgan fingerprint density at radius 1 is 1.08 bits per heavy atom. The van der Waals surface area contributed by atoms with Crippen LogP contribution >= 0.6 is 0 Å². The first-order valence-electron chi connectivity index (χ1n) is 5.92. The molecule has 78 valence electrons. The Kier molecular flexibility index (Phi) is 9.63. The van der Waals surface area contributed by atoms with E-state index in [2.05, 4.69) is 32.9 Å². The second-order valence-electron chi connectivity index (χ2n) is 4.10. The average Bonchev–Trinajstić information content (AvgIpc) is 2.14. The van der Waals surface area contributed by atoms with Crippen molar-refractivity contribution in [1.82, 2.24) is 0 Å². The van der Waals surface area contributed by atoms with Crippen molar-refractivity contribution in [2.24, 2.45) is 5.92 Å². The molecule has 1 unspecified atom stereocenters. The Morgan fingerprint density at radius 3 is 2.38 bits per heavy atom. The van der Waals surface area contributed by atoms with Crippen molar-refractivity contribution in [3.8, 4) is 0 Å². The maximum absolute atomic E-state index is 2.39. The summed E-state index contributed by atoms with van der Waals surface area (Å²) < 4.78 is 0. The molecule has 0 amide bonds. The van der Waals surface area contributed by atoms with Gasteiger partial charge in [-0.05, 0) is 25.7 Å². The second kappa shape index (κ2) is 9.83. The zero-order valence-corrected chi connectivity index (χ0v) is 9.68. The Balaban J connectivity index is 3.11.